The van der Waals surface area contributed by atoms with E-state index in [4.69, 9.17) is 11.6 Å². The Balaban J connectivity index is 2.24. The summed E-state index contributed by atoms with van der Waals surface area (Å²) < 4.78 is 27.6. The standard InChI is InChI=1S/C19H19ClN2O3S/c1-3-4-5-6-19(23)21-18-13-17(12-7-14(18)2)26(24,25)22-16-10-8-15(20)9-11-16/h3-13,22H,1-2H3,(H,21,23)/b4-3+,6-5+. The molecule has 136 valence electrons. The number of rotatable bonds is 6. The lowest BCUT2D eigenvalue weighted by Gasteiger charge is -2.12. The average molecular weight is 391 g/mol. The summed E-state index contributed by atoms with van der Waals surface area (Å²) in [7, 11) is -3.80. The van der Waals surface area contributed by atoms with Crippen LogP contribution in [0.5, 0.6) is 0 Å². The molecule has 0 aliphatic carbocycles. The maximum absolute atomic E-state index is 12.6. The molecule has 2 aromatic rings. The Kier molecular flexibility index (Phi) is 6.60. The Bertz CT molecular complexity index is 949. The Morgan fingerprint density at radius 2 is 1.77 bits per heavy atom. The lowest BCUT2D eigenvalue weighted by Crippen LogP contribution is -2.14. The molecular weight excluding hydrogens is 372 g/mol. The van der Waals surface area contributed by atoms with Crippen molar-refractivity contribution >= 4 is 38.9 Å². The average Bonchev–Trinajstić information content (AvgIpc) is 2.59. The lowest BCUT2D eigenvalue weighted by molar-refractivity contribution is -0.111. The van der Waals surface area contributed by atoms with E-state index in [0.29, 0.717) is 16.4 Å². The fourth-order valence-corrected chi connectivity index (χ4v) is 3.27. The van der Waals surface area contributed by atoms with Gasteiger partial charge < -0.3 is 5.32 Å². The number of nitrogens with one attached hydrogen (secondary N) is 2. The van der Waals surface area contributed by atoms with Gasteiger partial charge in [-0.2, -0.15) is 0 Å². The van der Waals surface area contributed by atoms with E-state index in [9.17, 15) is 13.2 Å². The molecule has 0 bridgehead atoms. The Morgan fingerprint density at radius 1 is 1.08 bits per heavy atom. The van der Waals surface area contributed by atoms with E-state index in [1.54, 1.807) is 55.5 Å². The fraction of sp³-hybridized carbons (Fsp3) is 0.105. The minimum atomic E-state index is -3.80. The fourth-order valence-electron chi connectivity index (χ4n) is 2.06. The van der Waals surface area contributed by atoms with Crippen LogP contribution >= 0.6 is 11.6 Å². The van der Waals surface area contributed by atoms with Crippen molar-refractivity contribution in [3.63, 3.8) is 0 Å². The summed E-state index contributed by atoms with van der Waals surface area (Å²) in [5.41, 5.74) is 1.58. The normalized spacial score (nSPS) is 11.8. The van der Waals surface area contributed by atoms with Gasteiger partial charge in [-0.15, -0.1) is 0 Å². The zero-order valence-electron chi connectivity index (χ0n) is 14.4. The number of benzene rings is 2. The van der Waals surface area contributed by atoms with Crippen molar-refractivity contribution in [1.29, 1.82) is 0 Å². The van der Waals surface area contributed by atoms with Gasteiger partial charge in [-0.1, -0.05) is 35.9 Å². The van der Waals surface area contributed by atoms with Gasteiger partial charge in [0.2, 0.25) is 5.91 Å². The van der Waals surface area contributed by atoms with Crippen LogP contribution in [0.15, 0.2) is 71.7 Å². The zero-order valence-corrected chi connectivity index (χ0v) is 15.9. The second kappa shape index (κ2) is 8.69. The van der Waals surface area contributed by atoms with Crippen LogP contribution in [-0.4, -0.2) is 14.3 Å². The number of carbonyl (C=O) groups is 1. The molecule has 2 N–H and O–H groups in total. The van der Waals surface area contributed by atoms with Crippen molar-refractivity contribution < 1.29 is 13.2 Å². The summed E-state index contributed by atoms with van der Waals surface area (Å²) in [5, 5.41) is 3.20. The van der Waals surface area contributed by atoms with E-state index in [1.165, 1.54) is 18.2 Å². The van der Waals surface area contributed by atoms with Crippen molar-refractivity contribution in [3.8, 4) is 0 Å². The zero-order chi connectivity index (χ0) is 19.2. The van der Waals surface area contributed by atoms with E-state index in [2.05, 4.69) is 10.0 Å². The van der Waals surface area contributed by atoms with E-state index >= 15 is 0 Å². The van der Waals surface area contributed by atoms with Gasteiger partial charge in [0.1, 0.15) is 0 Å². The number of aryl methyl sites for hydroxylation is 1. The number of carbonyl (C=O) groups excluding carboxylic acids is 1. The Morgan fingerprint density at radius 3 is 2.42 bits per heavy atom. The summed E-state index contributed by atoms with van der Waals surface area (Å²) in [4.78, 5) is 12.0. The predicted octanol–water partition coefficient (Wildman–Crippen LogP) is 4.52. The van der Waals surface area contributed by atoms with Gasteiger partial charge in [0.25, 0.3) is 10.0 Å². The lowest BCUT2D eigenvalue weighted by atomic mass is 10.2. The number of amides is 1. The first-order valence-corrected chi connectivity index (χ1v) is 9.67. The Labute approximate surface area is 158 Å². The van der Waals surface area contributed by atoms with Crippen LogP contribution in [0.4, 0.5) is 11.4 Å². The summed E-state index contributed by atoms with van der Waals surface area (Å²) in [6.45, 7) is 3.63. The smallest absolute Gasteiger partial charge is 0.261 e. The SMILES string of the molecule is C/C=C/C=C/C(=O)Nc1cc(S(=O)(=O)Nc2ccc(Cl)cc2)ccc1C. The minimum absolute atomic E-state index is 0.0470. The van der Waals surface area contributed by atoms with Gasteiger partial charge >= 0.3 is 0 Å². The topological polar surface area (TPSA) is 75.3 Å². The molecule has 26 heavy (non-hydrogen) atoms. The Hall–Kier alpha value is -2.57. The van der Waals surface area contributed by atoms with Gasteiger partial charge in [0, 0.05) is 22.5 Å². The number of allylic oxidation sites excluding steroid dienone is 3. The third-order valence-electron chi connectivity index (χ3n) is 3.42. The molecular formula is C19H19ClN2O3S. The van der Waals surface area contributed by atoms with Crippen LogP contribution < -0.4 is 10.0 Å². The summed E-state index contributed by atoms with van der Waals surface area (Å²) in [6.07, 6.45) is 6.49. The molecule has 0 unspecified atom stereocenters. The molecule has 0 aromatic heterocycles. The highest BCUT2D eigenvalue weighted by Crippen LogP contribution is 2.23. The van der Waals surface area contributed by atoms with Gasteiger partial charge in [-0.3, -0.25) is 9.52 Å². The number of sulfonamides is 1. The van der Waals surface area contributed by atoms with Gasteiger partial charge in [0.05, 0.1) is 4.90 Å². The van der Waals surface area contributed by atoms with Crippen molar-refractivity contribution in [2.24, 2.45) is 0 Å². The molecule has 0 radical (unpaired) electrons. The van der Waals surface area contributed by atoms with Crippen molar-refractivity contribution in [1.82, 2.24) is 0 Å². The molecule has 5 nitrogen and oxygen atoms in total. The summed E-state index contributed by atoms with van der Waals surface area (Å²) >= 11 is 5.80. The molecule has 0 heterocycles. The monoisotopic (exact) mass is 390 g/mol. The van der Waals surface area contributed by atoms with Crippen molar-refractivity contribution in [2.75, 3.05) is 10.0 Å². The van der Waals surface area contributed by atoms with Crippen LogP contribution in [-0.2, 0) is 14.8 Å². The largest absolute Gasteiger partial charge is 0.322 e. The number of halogens is 1. The third-order valence-corrected chi connectivity index (χ3v) is 5.06. The minimum Gasteiger partial charge on any atom is -0.322 e. The molecule has 0 aliphatic heterocycles. The van der Waals surface area contributed by atoms with Crippen LogP contribution in [0, 0.1) is 6.92 Å². The molecule has 1 amide bonds. The molecule has 0 atom stereocenters. The van der Waals surface area contributed by atoms with E-state index < -0.39 is 10.0 Å². The molecule has 0 spiro atoms. The van der Waals surface area contributed by atoms with Gasteiger partial charge in [-0.25, -0.2) is 8.42 Å². The highest BCUT2D eigenvalue weighted by atomic mass is 35.5. The molecule has 0 saturated heterocycles. The first kappa shape index (κ1) is 19.8. The van der Waals surface area contributed by atoms with Crippen LogP contribution in [0.25, 0.3) is 0 Å². The second-order valence-electron chi connectivity index (χ2n) is 5.46. The van der Waals surface area contributed by atoms with E-state index in [1.807, 2.05) is 6.92 Å². The maximum Gasteiger partial charge on any atom is 0.261 e. The summed E-state index contributed by atoms with van der Waals surface area (Å²) in [6, 6.07) is 10.9. The van der Waals surface area contributed by atoms with Gasteiger partial charge in [-0.05, 0) is 55.8 Å². The number of hydrogen-bond acceptors (Lipinski definition) is 3. The quantitative estimate of drug-likeness (QED) is 0.562. The molecule has 2 rings (SSSR count). The molecule has 0 saturated carbocycles. The van der Waals surface area contributed by atoms with Crippen LogP contribution in [0.2, 0.25) is 5.02 Å². The predicted molar refractivity (Wildman–Crippen MR) is 106 cm³/mol. The first-order valence-electron chi connectivity index (χ1n) is 7.81. The molecule has 7 heteroatoms. The number of anilines is 2. The highest BCUT2D eigenvalue weighted by Gasteiger charge is 2.16. The van der Waals surface area contributed by atoms with Crippen LogP contribution in [0.3, 0.4) is 0 Å². The number of hydrogen-bond donors (Lipinski definition) is 2. The second-order valence-corrected chi connectivity index (χ2v) is 7.58. The first-order chi connectivity index (χ1) is 12.3. The molecule has 2 aromatic carbocycles. The third kappa shape index (κ3) is 5.47. The van der Waals surface area contributed by atoms with Crippen LogP contribution in [0.1, 0.15) is 12.5 Å². The van der Waals surface area contributed by atoms with Crippen molar-refractivity contribution in [3.05, 3.63) is 77.4 Å². The molecule has 0 fully saturated rings. The van der Waals surface area contributed by atoms with Gasteiger partial charge in [0.15, 0.2) is 0 Å². The maximum atomic E-state index is 12.6. The summed E-state index contributed by atoms with van der Waals surface area (Å²) in [5.74, 6) is -0.341. The molecule has 0 aliphatic rings. The van der Waals surface area contributed by atoms with E-state index in [0.717, 1.165) is 5.56 Å². The highest BCUT2D eigenvalue weighted by molar-refractivity contribution is 7.92. The van der Waals surface area contributed by atoms with E-state index in [-0.39, 0.29) is 10.8 Å². The van der Waals surface area contributed by atoms with Crippen molar-refractivity contribution in [2.45, 2.75) is 18.7 Å².